The van der Waals surface area contributed by atoms with Gasteiger partial charge in [-0.2, -0.15) is 0 Å². The van der Waals surface area contributed by atoms with Crippen molar-refractivity contribution >= 4 is 17.0 Å². The Labute approximate surface area is 119 Å². The summed E-state index contributed by atoms with van der Waals surface area (Å²) in [4.78, 5) is 4.44. The number of methoxy groups -OCH3 is 1. The van der Waals surface area contributed by atoms with E-state index < -0.39 is 0 Å². The number of imidazole rings is 1. The highest BCUT2D eigenvalue weighted by Gasteiger charge is 2.11. The summed E-state index contributed by atoms with van der Waals surface area (Å²) in [7, 11) is 1.73. The Morgan fingerprint density at radius 2 is 2.10 bits per heavy atom. The molecule has 0 saturated heterocycles. The summed E-state index contributed by atoms with van der Waals surface area (Å²) in [6.07, 6.45) is 3.27. The summed E-state index contributed by atoms with van der Waals surface area (Å²) in [6, 6.07) is 5.95. The monoisotopic (exact) mass is 277 g/mol. The lowest BCUT2D eigenvalue weighted by Crippen LogP contribution is -2.03. The number of unbranched alkanes of at least 4 members (excludes halogenated alkanes) is 2. The maximum Gasteiger partial charge on any atom is 0.201 e. The fourth-order valence-corrected chi connectivity index (χ4v) is 2.34. The van der Waals surface area contributed by atoms with Crippen molar-refractivity contribution in [3.63, 3.8) is 0 Å². The van der Waals surface area contributed by atoms with Crippen molar-refractivity contribution in [1.29, 1.82) is 0 Å². The van der Waals surface area contributed by atoms with Gasteiger partial charge in [-0.3, -0.25) is 0 Å². The summed E-state index contributed by atoms with van der Waals surface area (Å²) in [5, 5.41) is 0. The number of para-hydroxylation sites is 1. The average molecular weight is 277 g/mol. The van der Waals surface area contributed by atoms with Crippen LogP contribution in [-0.4, -0.2) is 29.9 Å². The van der Waals surface area contributed by atoms with Crippen molar-refractivity contribution in [1.82, 2.24) is 9.55 Å². The molecule has 0 aliphatic carbocycles. The second-order valence-corrected chi connectivity index (χ2v) is 4.73. The highest BCUT2D eigenvalue weighted by molar-refractivity contribution is 5.84. The first-order valence-electron chi connectivity index (χ1n) is 7.14. The van der Waals surface area contributed by atoms with E-state index in [9.17, 15) is 0 Å². The van der Waals surface area contributed by atoms with E-state index in [4.69, 9.17) is 15.2 Å². The van der Waals surface area contributed by atoms with Crippen LogP contribution in [0.1, 0.15) is 26.2 Å². The molecule has 0 unspecified atom stereocenters. The van der Waals surface area contributed by atoms with Crippen LogP contribution in [0.5, 0.6) is 5.75 Å². The van der Waals surface area contributed by atoms with Crippen molar-refractivity contribution in [3.8, 4) is 5.75 Å². The number of rotatable bonds is 8. The molecular formula is C15H23N3O2. The molecule has 2 N–H and O–H groups in total. The number of nitrogens with zero attached hydrogens (tertiary/aromatic N) is 2. The van der Waals surface area contributed by atoms with Crippen LogP contribution in [0.15, 0.2) is 18.2 Å². The number of benzene rings is 1. The Hall–Kier alpha value is -1.75. The summed E-state index contributed by atoms with van der Waals surface area (Å²) >= 11 is 0. The first kappa shape index (κ1) is 14.7. The third-order valence-corrected chi connectivity index (χ3v) is 3.30. The van der Waals surface area contributed by atoms with E-state index in [1.165, 1.54) is 0 Å². The van der Waals surface area contributed by atoms with E-state index in [-0.39, 0.29) is 0 Å². The van der Waals surface area contributed by atoms with Crippen molar-refractivity contribution in [2.45, 2.75) is 32.7 Å². The second-order valence-electron chi connectivity index (χ2n) is 4.73. The molecule has 0 amide bonds. The molecule has 20 heavy (non-hydrogen) atoms. The SMILES string of the molecule is CCOc1cccc2c1nc(N)n2CCCCCOC. The maximum absolute atomic E-state index is 6.03. The van der Waals surface area contributed by atoms with E-state index in [2.05, 4.69) is 9.55 Å². The lowest BCUT2D eigenvalue weighted by molar-refractivity contribution is 0.191. The Morgan fingerprint density at radius 3 is 2.85 bits per heavy atom. The largest absolute Gasteiger partial charge is 0.492 e. The first-order valence-corrected chi connectivity index (χ1v) is 7.14. The van der Waals surface area contributed by atoms with Crippen LogP contribution < -0.4 is 10.5 Å². The van der Waals surface area contributed by atoms with Gasteiger partial charge in [0.1, 0.15) is 11.3 Å². The molecule has 5 heteroatoms. The lowest BCUT2D eigenvalue weighted by Gasteiger charge is -2.07. The van der Waals surface area contributed by atoms with Crippen molar-refractivity contribution < 1.29 is 9.47 Å². The van der Waals surface area contributed by atoms with Gasteiger partial charge in [0.05, 0.1) is 12.1 Å². The van der Waals surface area contributed by atoms with Crippen LogP contribution in [-0.2, 0) is 11.3 Å². The molecule has 2 aromatic rings. The zero-order valence-corrected chi connectivity index (χ0v) is 12.3. The number of aromatic nitrogens is 2. The van der Waals surface area contributed by atoms with Crippen LogP contribution >= 0.6 is 0 Å². The Bertz CT molecular complexity index is 551. The van der Waals surface area contributed by atoms with Crippen LogP contribution in [0.2, 0.25) is 0 Å². The van der Waals surface area contributed by atoms with E-state index in [0.29, 0.717) is 12.6 Å². The molecule has 2 rings (SSSR count). The fourth-order valence-electron chi connectivity index (χ4n) is 2.34. The van der Waals surface area contributed by atoms with Crippen LogP contribution in [0.3, 0.4) is 0 Å². The van der Waals surface area contributed by atoms with Gasteiger partial charge in [-0.15, -0.1) is 0 Å². The van der Waals surface area contributed by atoms with Gasteiger partial charge in [0.2, 0.25) is 5.95 Å². The molecule has 0 aliphatic rings. The van der Waals surface area contributed by atoms with Crippen LogP contribution in [0.4, 0.5) is 5.95 Å². The van der Waals surface area contributed by atoms with Gasteiger partial charge in [0.15, 0.2) is 0 Å². The van der Waals surface area contributed by atoms with Gasteiger partial charge in [0.25, 0.3) is 0 Å². The normalized spacial score (nSPS) is 11.1. The molecule has 0 fully saturated rings. The number of fused-ring (bicyclic) bond motifs is 1. The molecule has 0 atom stereocenters. The molecule has 0 spiro atoms. The molecule has 0 saturated carbocycles. The van der Waals surface area contributed by atoms with E-state index >= 15 is 0 Å². The standard InChI is InChI=1S/C15H23N3O2/c1-3-20-13-9-7-8-12-14(13)17-15(16)18(12)10-5-4-6-11-19-2/h7-9H,3-6,10-11H2,1-2H3,(H2,16,17). The average Bonchev–Trinajstić information content (AvgIpc) is 2.76. The molecule has 0 bridgehead atoms. The summed E-state index contributed by atoms with van der Waals surface area (Å²) in [5.74, 6) is 1.36. The molecule has 1 aromatic heterocycles. The van der Waals surface area contributed by atoms with E-state index in [0.717, 1.165) is 49.2 Å². The minimum atomic E-state index is 0.555. The van der Waals surface area contributed by atoms with Crippen LogP contribution in [0, 0.1) is 0 Å². The van der Waals surface area contributed by atoms with Gasteiger partial charge >= 0.3 is 0 Å². The zero-order chi connectivity index (χ0) is 14.4. The van der Waals surface area contributed by atoms with Gasteiger partial charge in [-0.05, 0) is 38.3 Å². The number of nitrogens with two attached hydrogens (primary N) is 1. The number of hydrogen-bond donors (Lipinski definition) is 1. The predicted octanol–water partition coefficient (Wildman–Crippen LogP) is 2.83. The van der Waals surface area contributed by atoms with Crippen molar-refractivity contribution in [2.75, 3.05) is 26.1 Å². The topological polar surface area (TPSA) is 62.3 Å². The maximum atomic E-state index is 6.03. The second kappa shape index (κ2) is 7.14. The lowest BCUT2D eigenvalue weighted by atomic mass is 10.2. The number of anilines is 1. The Kier molecular flexibility index (Phi) is 5.24. The summed E-state index contributed by atoms with van der Waals surface area (Å²) < 4.78 is 12.7. The third-order valence-electron chi connectivity index (χ3n) is 3.30. The van der Waals surface area contributed by atoms with Crippen molar-refractivity contribution in [2.24, 2.45) is 0 Å². The predicted molar refractivity (Wildman–Crippen MR) is 81.0 cm³/mol. The number of aryl methyl sites for hydroxylation is 1. The summed E-state index contributed by atoms with van der Waals surface area (Å²) in [6.45, 7) is 4.29. The fraction of sp³-hybridized carbons (Fsp3) is 0.533. The van der Waals surface area contributed by atoms with Gasteiger partial charge in [-0.25, -0.2) is 4.98 Å². The number of hydrogen-bond acceptors (Lipinski definition) is 4. The van der Waals surface area contributed by atoms with E-state index in [1.807, 2.05) is 25.1 Å². The molecule has 0 radical (unpaired) electrons. The van der Waals surface area contributed by atoms with Crippen LogP contribution in [0.25, 0.3) is 11.0 Å². The van der Waals surface area contributed by atoms with Gasteiger partial charge in [-0.1, -0.05) is 6.07 Å². The molecule has 1 aromatic carbocycles. The minimum Gasteiger partial charge on any atom is -0.492 e. The van der Waals surface area contributed by atoms with Crippen molar-refractivity contribution in [3.05, 3.63) is 18.2 Å². The third kappa shape index (κ3) is 3.22. The number of ether oxygens (including phenoxy) is 2. The Morgan fingerprint density at radius 1 is 1.25 bits per heavy atom. The van der Waals surface area contributed by atoms with Gasteiger partial charge in [0, 0.05) is 20.3 Å². The zero-order valence-electron chi connectivity index (χ0n) is 12.3. The molecule has 0 aliphatic heterocycles. The summed E-state index contributed by atoms with van der Waals surface area (Å²) in [5.41, 5.74) is 7.92. The van der Waals surface area contributed by atoms with Gasteiger partial charge < -0.3 is 19.8 Å². The smallest absolute Gasteiger partial charge is 0.201 e. The van der Waals surface area contributed by atoms with E-state index in [1.54, 1.807) is 7.11 Å². The highest BCUT2D eigenvalue weighted by atomic mass is 16.5. The highest BCUT2D eigenvalue weighted by Crippen LogP contribution is 2.27. The molecule has 1 heterocycles. The molecule has 5 nitrogen and oxygen atoms in total. The first-order chi connectivity index (χ1) is 9.77. The number of nitrogen functional groups attached to an aromatic ring is 1. The molecular weight excluding hydrogens is 254 g/mol. The quantitative estimate of drug-likeness (QED) is 0.754. The minimum absolute atomic E-state index is 0.555. The Balaban J connectivity index is 2.12. The molecule has 110 valence electrons.